The first-order chi connectivity index (χ1) is 44.0. The summed E-state index contributed by atoms with van der Waals surface area (Å²) in [4.78, 5) is 86.6. The van der Waals surface area contributed by atoms with E-state index in [4.69, 9.17) is 47.4 Å². The largest absolute Gasteiger partial charge is 0.452 e. The summed E-state index contributed by atoms with van der Waals surface area (Å²) in [6.07, 6.45) is -17.0. The first-order valence-corrected chi connectivity index (χ1v) is 29.0. The molecule has 0 amide bonds. The van der Waals surface area contributed by atoms with Crippen LogP contribution in [0, 0.1) is 0 Å². The monoisotopic (exact) mass is 1210 g/mol. The van der Waals surface area contributed by atoms with E-state index in [0.29, 0.717) is 0 Å². The standard InChI is InChI=1S/C73H60O17/c1-81-72-64(89-68(77)54-30-18-7-19-31-54)63(88-67(76)53-28-16-6-17-29-53)61(86-66(75)52-26-14-5-15-27-52)59(84-72)45-82-73-65(90-71(80)57-42-36-51(37-43-57)48-24-12-4-13-25-48)62(87-70(79)56-40-34-50(35-41-56)47-22-10-3-11-23-47)60(58(44-74)83-73)85-69(78)55-38-32-49(33-39-55)46-20-8-2-9-21-46/h2-43,58-65,72-74H,44-45H2,1H3/t58-,59-,60+,61+,62+,63+,64-,65-,72-,73-/m1/s1. The molecule has 0 unspecified atom stereocenters. The number of benzene rings is 9. The fraction of sp³-hybridized carbons (Fsp3) is 0.178. The average molecular weight is 1210 g/mol. The van der Waals surface area contributed by atoms with Gasteiger partial charge in [-0.2, -0.15) is 0 Å². The number of hydrogen-bond acceptors (Lipinski definition) is 17. The molecular weight excluding hydrogens is 1150 g/mol. The van der Waals surface area contributed by atoms with Crippen LogP contribution < -0.4 is 0 Å². The summed E-state index contributed by atoms with van der Waals surface area (Å²) >= 11 is 0. The van der Waals surface area contributed by atoms with E-state index in [0.717, 1.165) is 33.4 Å². The number of rotatable bonds is 20. The molecular formula is C73H60O17. The Morgan fingerprint density at radius 1 is 0.300 bits per heavy atom. The highest BCUT2D eigenvalue weighted by Gasteiger charge is 2.56. The van der Waals surface area contributed by atoms with E-state index in [1.54, 1.807) is 115 Å². The van der Waals surface area contributed by atoms with Crippen LogP contribution in [0.25, 0.3) is 33.4 Å². The van der Waals surface area contributed by atoms with E-state index in [2.05, 4.69) is 0 Å². The number of esters is 6. The van der Waals surface area contributed by atoms with E-state index < -0.39 is 110 Å². The van der Waals surface area contributed by atoms with Crippen molar-refractivity contribution in [3.8, 4) is 33.4 Å². The molecule has 2 heterocycles. The molecule has 0 bridgehead atoms. The normalized spacial score (nSPS) is 21.1. The second-order valence-electron chi connectivity index (χ2n) is 21.0. The molecule has 9 aromatic carbocycles. The molecule has 0 aromatic heterocycles. The van der Waals surface area contributed by atoms with Crippen molar-refractivity contribution in [1.82, 2.24) is 0 Å². The Labute approximate surface area is 518 Å². The van der Waals surface area contributed by atoms with Crippen molar-refractivity contribution in [1.29, 1.82) is 0 Å². The predicted octanol–water partition coefficient (Wildman–Crippen LogP) is 11.4. The van der Waals surface area contributed by atoms with Crippen molar-refractivity contribution in [2.24, 2.45) is 0 Å². The Hall–Kier alpha value is -10.4. The molecule has 454 valence electrons. The molecule has 90 heavy (non-hydrogen) atoms. The fourth-order valence-electron chi connectivity index (χ4n) is 10.5. The quantitative estimate of drug-likeness (QED) is 0.0554. The van der Waals surface area contributed by atoms with Gasteiger partial charge in [0.25, 0.3) is 0 Å². The lowest BCUT2D eigenvalue weighted by Crippen LogP contribution is -2.65. The number of ether oxygens (including phenoxy) is 10. The summed E-state index contributed by atoms with van der Waals surface area (Å²) in [6.45, 7) is -1.60. The van der Waals surface area contributed by atoms with Crippen molar-refractivity contribution >= 4 is 35.8 Å². The van der Waals surface area contributed by atoms with E-state index >= 15 is 0 Å². The van der Waals surface area contributed by atoms with Crippen molar-refractivity contribution < 1.29 is 81.2 Å². The highest BCUT2D eigenvalue weighted by atomic mass is 16.8. The molecule has 9 aromatic rings. The Morgan fingerprint density at radius 3 is 0.856 bits per heavy atom. The zero-order chi connectivity index (χ0) is 62.3. The Kier molecular flexibility index (Phi) is 19.8. The van der Waals surface area contributed by atoms with E-state index in [9.17, 15) is 33.9 Å². The van der Waals surface area contributed by atoms with Gasteiger partial charge in [0.1, 0.15) is 12.2 Å². The lowest BCUT2D eigenvalue weighted by Gasteiger charge is -2.46. The highest BCUT2D eigenvalue weighted by molar-refractivity contribution is 5.93. The Morgan fingerprint density at radius 2 is 0.544 bits per heavy atom. The van der Waals surface area contributed by atoms with E-state index in [1.807, 2.05) is 91.0 Å². The lowest BCUT2D eigenvalue weighted by molar-refractivity contribution is -0.325. The van der Waals surface area contributed by atoms with Gasteiger partial charge < -0.3 is 52.5 Å². The minimum absolute atomic E-state index is 0.0388. The molecule has 17 nitrogen and oxygen atoms in total. The van der Waals surface area contributed by atoms with Crippen molar-refractivity contribution in [3.63, 3.8) is 0 Å². The molecule has 0 aliphatic carbocycles. The first kappa shape index (κ1) is 61.3. The predicted molar refractivity (Wildman–Crippen MR) is 328 cm³/mol. The number of aliphatic hydroxyl groups excluding tert-OH is 1. The summed E-state index contributed by atoms with van der Waals surface area (Å²) in [5.41, 5.74) is 5.45. The molecule has 2 fully saturated rings. The molecule has 10 atom stereocenters. The van der Waals surface area contributed by atoms with E-state index in [-0.39, 0.29) is 33.4 Å². The van der Waals surface area contributed by atoms with Gasteiger partial charge in [0.05, 0.1) is 46.6 Å². The smallest absolute Gasteiger partial charge is 0.338 e. The maximum Gasteiger partial charge on any atom is 0.338 e. The average Bonchev–Trinajstić information content (AvgIpc) is 0.842. The van der Waals surface area contributed by atoms with Crippen LogP contribution in [-0.2, 0) is 47.4 Å². The number of methoxy groups -OCH3 is 1. The molecule has 0 spiro atoms. The zero-order valence-electron chi connectivity index (χ0n) is 48.4. The lowest BCUT2D eigenvalue weighted by atomic mass is 9.96. The molecule has 17 heteroatoms. The summed E-state index contributed by atoms with van der Waals surface area (Å²) in [6, 6.07) is 71.8. The molecule has 2 saturated heterocycles. The van der Waals surface area contributed by atoms with Crippen LogP contribution in [0.1, 0.15) is 62.1 Å². The van der Waals surface area contributed by atoms with Gasteiger partial charge in [-0.15, -0.1) is 0 Å². The van der Waals surface area contributed by atoms with Crippen LogP contribution in [0.3, 0.4) is 0 Å². The second-order valence-corrected chi connectivity index (χ2v) is 21.0. The molecule has 0 radical (unpaired) electrons. The van der Waals surface area contributed by atoms with Gasteiger partial charge in [-0.25, -0.2) is 28.8 Å². The minimum Gasteiger partial charge on any atom is -0.452 e. The topological polar surface area (TPSA) is 215 Å². The summed E-state index contributed by atoms with van der Waals surface area (Å²) in [7, 11) is 1.25. The van der Waals surface area contributed by atoms with Crippen LogP contribution in [0.4, 0.5) is 0 Å². The third-order valence-corrected chi connectivity index (χ3v) is 15.2. The molecule has 11 rings (SSSR count). The van der Waals surface area contributed by atoms with Crippen LogP contribution in [0.15, 0.2) is 255 Å². The van der Waals surface area contributed by atoms with Crippen LogP contribution >= 0.6 is 0 Å². The number of aliphatic hydroxyl groups is 1. The maximum atomic E-state index is 14.8. The number of carbonyl (C=O) groups is 6. The van der Waals surface area contributed by atoms with Gasteiger partial charge in [-0.05, 0) is 106 Å². The summed E-state index contributed by atoms with van der Waals surface area (Å²) in [5.74, 6) is -5.53. The summed E-state index contributed by atoms with van der Waals surface area (Å²) in [5, 5.41) is 11.3. The van der Waals surface area contributed by atoms with Gasteiger partial charge in [0.15, 0.2) is 49.2 Å². The molecule has 1 N–H and O–H groups in total. The van der Waals surface area contributed by atoms with Gasteiger partial charge in [-0.3, -0.25) is 0 Å². The zero-order valence-corrected chi connectivity index (χ0v) is 48.4. The third-order valence-electron chi connectivity index (χ3n) is 15.2. The second kappa shape index (κ2) is 29.1. The molecule has 0 saturated carbocycles. The summed E-state index contributed by atoms with van der Waals surface area (Å²) < 4.78 is 63.0. The number of hydrogen-bond donors (Lipinski definition) is 1. The van der Waals surface area contributed by atoms with Crippen molar-refractivity contribution in [3.05, 3.63) is 288 Å². The third kappa shape index (κ3) is 14.6. The fourth-order valence-corrected chi connectivity index (χ4v) is 10.5. The van der Waals surface area contributed by atoms with Gasteiger partial charge in [0, 0.05) is 7.11 Å². The number of carbonyl (C=O) groups excluding carboxylic acids is 6. The van der Waals surface area contributed by atoms with Crippen LogP contribution in [-0.4, -0.2) is 123 Å². The van der Waals surface area contributed by atoms with Gasteiger partial charge in [0.2, 0.25) is 0 Å². The maximum absolute atomic E-state index is 14.8. The van der Waals surface area contributed by atoms with Gasteiger partial charge in [-0.1, -0.05) is 182 Å². The van der Waals surface area contributed by atoms with Crippen molar-refractivity contribution in [2.75, 3.05) is 20.3 Å². The van der Waals surface area contributed by atoms with Crippen molar-refractivity contribution in [2.45, 2.75) is 61.4 Å². The minimum atomic E-state index is -1.86. The van der Waals surface area contributed by atoms with Gasteiger partial charge >= 0.3 is 35.8 Å². The Balaban J connectivity index is 0.976. The molecule has 2 aliphatic rings. The highest BCUT2D eigenvalue weighted by Crippen LogP contribution is 2.36. The SMILES string of the molecule is CO[C@@H]1O[C@H](CO[C@@H]2O[C@H](CO)[C@H](OC(=O)c3ccc(-c4ccccc4)cc3)[C@H](OC(=O)c3ccc(-c4ccccc4)cc3)[C@H]2OC(=O)c2ccc(-c3ccccc3)cc2)[C@H](OC(=O)c2ccccc2)[C@H](OC(=O)c2ccccc2)[C@H]1OC(=O)c1ccccc1. The van der Waals surface area contributed by atoms with Crippen LogP contribution in [0.5, 0.6) is 0 Å². The van der Waals surface area contributed by atoms with E-state index in [1.165, 1.54) is 55.6 Å². The van der Waals surface area contributed by atoms with Crippen LogP contribution in [0.2, 0.25) is 0 Å². The first-order valence-electron chi connectivity index (χ1n) is 29.0. The molecule has 2 aliphatic heterocycles. The Bertz CT molecular complexity index is 3860.